The smallest absolute Gasteiger partial charge is 0.148 e. The van der Waals surface area contributed by atoms with Crippen molar-refractivity contribution in [3.63, 3.8) is 0 Å². The lowest BCUT2D eigenvalue weighted by Gasteiger charge is -2.14. The summed E-state index contributed by atoms with van der Waals surface area (Å²) >= 11 is 3.49. The number of benzene rings is 2. The van der Waals surface area contributed by atoms with Crippen molar-refractivity contribution in [2.75, 3.05) is 7.05 Å². The Morgan fingerprint density at radius 3 is 2.71 bits per heavy atom. The molecule has 0 amide bonds. The fourth-order valence-corrected chi connectivity index (χ4v) is 2.91. The molecule has 0 saturated heterocycles. The molecule has 3 rings (SSSR count). The Hall–Kier alpha value is -1.65. The Bertz CT molecular complexity index is 768. The van der Waals surface area contributed by atoms with E-state index in [4.69, 9.17) is 4.42 Å². The Kier molecular flexibility index (Phi) is 4.08. The van der Waals surface area contributed by atoms with Crippen molar-refractivity contribution in [1.82, 2.24) is 5.32 Å². The van der Waals surface area contributed by atoms with Crippen LogP contribution in [0, 0.1) is 5.82 Å². The first kappa shape index (κ1) is 14.3. The average molecular weight is 348 g/mol. The molecule has 108 valence electrons. The second-order valence-corrected chi connectivity index (χ2v) is 5.80. The summed E-state index contributed by atoms with van der Waals surface area (Å²) in [7, 11) is 1.85. The van der Waals surface area contributed by atoms with Crippen molar-refractivity contribution >= 4 is 26.9 Å². The third kappa shape index (κ3) is 2.87. The normalized spacial score (nSPS) is 12.7. The third-order valence-corrected chi connectivity index (χ3v) is 4.21. The second kappa shape index (κ2) is 6.00. The fraction of sp³-hybridized carbons (Fsp3) is 0.176. The lowest BCUT2D eigenvalue weighted by Crippen LogP contribution is -2.18. The minimum absolute atomic E-state index is 0.0683. The largest absolute Gasteiger partial charge is 0.458 e. The highest BCUT2D eigenvalue weighted by atomic mass is 79.9. The van der Waals surface area contributed by atoms with Crippen LogP contribution in [-0.4, -0.2) is 7.05 Å². The summed E-state index contributed by atoms with van der Waals surface area (Å²) in [5, 5.41) is 4.23. The molecule has 0 aliphatic carbocycles. The predicted octanol–water partition coefficient (Wildman–Crippen LogP) is 4.84. The van der Waals surface area contributed by atoms with Crippen LogP contribution < -0.4 is 5.32 Å². The van der Waals surface area contributed by atoms with Gasteiger partial charge in [0.1, 0.15) is 17.2 Å². The Morgan fingerprint density at radius 1 is 1.19 bits per heavy atom. The van der Waals surface area contributed by atoms with Crippen LogP contribution in [0.5, 0.6) is 0 Å². The van der Waals surface area contributed by atoms with Gasteiger partial charge in [-0.15, -0.1) is 0 Å². The van der Waals surface area contributed by atoms with Crippen LogP contribution >= 0.6 is 15.9 Å². The first-order valence-electron chi connectivity index (χ1n) is 6.77. The molecular formula is C17H15BrFNO. The number of hydrogen-bond acceptors (Lipinski definition) is 2. The number of furan rings is 1. The molecule has 0 aliphatic heterocycles. The average Bonchev–Trinajstić information content (AvgIpc) is 2.92. The van der Waals surface area contributed by atoms with E-state index in [1.165, 1.54) is 6.07 Å². The van der Waals surface area contributed by atoms with Gasteiger partial charge < -0.3 is 9.73 Å². The van der Waals surface area contributed by atoms with Gasteiger partial charge in [0.05, 0.1) is 10.5 Å². The quantitative estimate of drug-likeness (QED) is 0.730. The molecule has 1 heterocycles. The van der Waals surface area contributed by atoms with Crippen molar-refractivity contribution in [3.05, 3.63) is 70.1 Å². The van der Waals surface area contributed by atoms with Crippen LogP contribution in [0.1, 0.15) is 17.4 Å². The molecule has 4 heteroatoms. The van der Waals surface area contributed by atoms with Crippen LogP contribution in [0.3, 0.4) is 0 Å². The highest BCUT2D eigenvalue weighted by Crippen LogP contribution is 2.31. The van der Waals surface area contributed by atoms with Gasteiger partial charge in [-0.3, -0.25) is 0 Å². The van der Waals surface area contributed by atoms with Crippen molar-refractivity contribution in [2.24, 2.45) is 0 Å². The molecule has 1 atom stereocenters. The van der Waals surface area contributed by atoms with Gasteiger partial charge in [0.2, 0.25) is 0 Å². The first-order valence-corrected chi connectivity index (χ1v) is 7.57. The van der Waals surface area contributed by atoms with E-state index in [0.717, 1.165) is 21.2 Å². The summed E-state index contributed by atoms with van der Waals surface area (Å²) in [5.74, 6) is 0.623. The van der Waals surface area contributed by atoms with Gasteiger partial charge in [0.25, 0.3) is 0 Å². The lowest BCUT2D eigenvalue weighted by atomic mass is 10.0. The van der Waals surface area contributed by atoms with Crippen LogP contribution in [0.2, 0.25) is 0 Å². The van der Waals surface area contributed by atoms with Gasteiger partial charge in [-0.1, -0.05) is 30.3 Å². The summed E-state index contributed by atoms with van der Waals surface area (Å²) in [6.07, 6.45) is 0.542. The maximum absolute atomic E-state index is 13.8. The van der Waals surface area contributed by atoms with E-state index in [2.05, 4.69) is 21.2 Å². The third-order valence-electron chi connectivity index (χ3n) is 3.59. The van der Waals surface area contributed by atoms with Gasteiger partial charge >= 0.3 is 0 Å². The summed E-state index contributed by atoms with van der Waals surface area (Å²) in [5.41, 5.74) is 1.50. The van der Waals surface area contributed by atoms with Gasteiger partial charge in [0, 0.05) is 5.39 Å². The molecule has 1 N–H and O–H groups in total. The zero-order valence-corrected chi connectivity index (χ0v) is 13.2. The molecule has 0 radical (unpaired) electrons. The van der Waals surface area contributed by atoms with Gasteiger partial charge in [-0.25, -0.2) is 4.39 Å². The van der Waals surface area contributed by atoms with E-state index in [1.807, 2.05) is 37.4 Å². The number of rotatable bonds is 4. The number of fused-ring (bicyclic) bond motifs is 1. The molecule has 1 aromatic heterocycles. The van der Waals surface area contributed by atoms with Crippen LogP contribution in [0.4, 0.5) is 4.39 Å². The highest BCUT2D eigenvalue weighted by Gasteiger charge is 2.17. The van der Waals surface area contributed by atoms with Gasteiger partial charge in [0.15, 0.2) is 0 Å². The zero-order valence-electron chi connectivity index (χ0n) is 11.6. The molecular weight excluding hydrogens is 333 g/mol. The van der Waals surface area contributed by atoms with E-state index >= 15 is 0 Å². The SMILES string of the molecule is CNC(Cc1ccccc1F)c1cc2cccc(Br)c2o1. The lowest BCUT2D eigenvalue weighted by molar-refractivity contribution is 0.445. The predicted molar refractivity (Wildman–Crippen MR) is 85.8 cm³/mol. The number of para-hydroxylation sites is 1. The standard InChI is InChI=1S/C17H15BrFNO/c1-20-15(9-11-5-2-3-8-14(11)19)16-10-12-6-4-7-13(18)17(12)21-16/h2-8,10,15,20H,9H2,1H3. The molecule has 0 bridgehead atoms. The van der Waals surface area contributed by atoms with E-state index in [1.54, 1.807) is 12.1 Å². The first-order chi connectivity index (χ1) is 10.2. The van der Waals surface area contributed by atoms with Crippen molar-refractivity contribution in [2.45, 2.75) is 12.5 Å². The minimum Gasteiger partial charge on any atom is -0.458 e. The molecule has 21 heavy (non-hydrogen) atoms. The Balaban J connectivity index is 1.95. The van der Waals surface area contributed by atoms with E-state index in [0.29, 0.717) is 12.0 Å². The molecule has 1 unspecified atom stereocenters. The van der Waals surface area contributed by atoms with Gasteiger partial charge in [-0.05, 0) is 53.2 Å². The summed E-state index contributed by atoms with van der Waals surface area (Å²) in [4.78, 5) is 0. The molecule has 2 aromatic carbocycles. The van der Waals surface area contributed by atoms with E-state index in [-0.39, 0.29) is 11.9 Å². The second-order valence-electron chi connectivity index (χ2n) is 4.94. The van der Waals surface area contributed by atoms with Crippen molar-refractivity contribution < 1.29 is 8.81 Å². The molecule has 0 saturated carbocycles. The highest BCUT2D eigenvalue weighted by molar-refractivity contribution is 9.10. The summed E-state index contributed by atoms with van der Waals surface area (Å²) in [6.45, 7) is 0. The van der Waals surface area contributed by atoms with E-state index in [9.17, 15) is 4.39 Å². The van der Waals surface area contributed by atoms with Crippen LogP contribution in [-0.2, 0) is 6.42 Å². The zero-order chi connectivity index (χ0) is 14.8. The van der Waals surface area contributed by atoms with Crippen molar-refractivity contribution in [1.29, 1.82) is 0 Å². The van der Waals surface area contributed by atoms with Gasteiger partial charge in [-0.2, -0.15) is 0 Å². The molecule has 0 aliphatic rings. The molecule has 3 aromatic rings. The number of halogens is 2. The number of nitrogens with one attached hydrogen (secondary N) is 1. The topological polar surface area (TPSA) is 25.2 Å². The van der Waals surface area contributed by atoms with E-state index < -0.39 is 0 Å². The fourth-order valence-electron chi connectivity index (χ4n) is 2.45. The Morgan fingerprint density at radius 2 is 2.00 bits per heavy atom. The molecule has 2 nitrogen and oxygen atoms in total. The van der Waals surface area contributed by atoms with Crippen molar-refractivity contribution in [3.8, 4) is 0 Å². The monoisotopic (exact) mass is 347 g/mol. The summed E-state index contributed by atoms with van der Waals surface area (Å²) in [6, 6.07) is 14.7. The minimum atomic E-state index is -0.185. The number of hydrogen-bond donors (Lipinski definition) is 1. The maximum atomic E-state index is 13.8. The van der Waals surface area contributed by atoms with Crippen LogP contribution in [0.25, 0.3) is 11.0 Å². The maximum Gasteiger partial charge on any atom is 0.148 e. The van der Waals surface area contributed by atoms with Crippen LogP contribution in [0.15, 0.2) is 57.4 Å². The Labute approximate surface area is 131 Å². The molecule has 0 spiro atoms. The summed E-state index contributed by atoms with van der Waals surface area (Å²) < 4.78 is 20.7. The molecule has 0 fully saturated rings. The number of likely N-dealkylation sites (N-methyl/N-ethyl adjacent to an activating group) is 1.